The van der Waals surface area contributed by atoms with E-state index in [-0.39, 0.29) is 18.5 Å². The lowest BCUT2D eigenvalue weighted by atomic mass is 10.0. The van der Waals surface area contributed by atoms with Crippen molar-refractivity contribution in [3.63, 3.8) is 0 Å². The fourth-order valence-corrected chi connectivity index (χ4v) is 3.21. The molecule has 0 aliphatic carbocycles. The molecule has 1 atom stereocenters. The molecule has 1 aromatic carbocycles. The zero-order valence-corrected chi connectivity index (χ0v) is 19.2. The van der Waals surface area contributed by atoms with E-state index in [1.54, 1.807) is 33.0 Å². The summed E-state index contributed by atoms with van der Waals surface area (Å²) in [5.41, 5.74) is 1.27. The molecule has 0 aliphatic rings. The fraction of sp³-hybridized carbons (Fsp3) is 0.458. The quantitative estimate of drug-likeness (QED) is 0.619. The highest BCUT2D eigenvalue weighted by Crippen LogP contribution is 2.17. The first-order chi connectivity index (χ1) is 14.5. The van der Waals surface area contributed by atoms with Crippen molar-refractivity contribution in [3.05, 3.63) is 59.8 Å². The Morgan fingerprint density at radius 1 is 1.10 bits per heavy atom. The van der Waals surface area contributed by atoms with Gasteiger partial charge in [0.2, 0.25) is 0 Å². The summed E-state index contributed by atoms with van der Waals surface area (Å²) in [6, 6.07) is 12.8. The molecule has 2 rings (SSSR count). The second-order valence-electron chi connectivity index (χ2n) is 8.87. The van der Waals surface area contributed by atoms with E-state index >= 15 is 0 Å². The summed E-state index contributed by atoms with van der Waals surface area (Å²) in [7, 11) is 1.88. The molecular weight excluding hydrogens is 394 g/mol. The number of benzene rings is 1. The molecule has 1 N–H and O–H groups in total. The molecular formula is C24H33N3O4. The molecule has 0 fully saturated rings. The van der Waals surface area contributed by atoms with Gasteiger partial charge in [0.05, 0.1) is 0 Å². The van der Waals surface area contributed by atoms with Gasteiger partial charge in [-0.3, -0.25) is 15.0 Å². The Labute approximate surface area is 184 Å². The van der Waals surface area contributed by atoms with Gasteiger partial charge in [0.25, 0.3) is 0 Å². The minimum absolute atomic E-state index is 0.0643. The van der Waals surface area contributed by atoms with Crippen LogP contribution in [0.5, 0.6) is 0 Å². The average molecular weight is 428 g/mol. The van der Waals surface area contributed by atoms with Gasteiger partial charge in [-0.1, -0.05) is 44.2 Å². The number of nitrogens with one attached hydrogen (secondary N) is 1. The highest BCUT2D eigenvalue weighted by molar-refractivity contribution is 5.83. The second-order valence-corrected chi connectivity index (χ2v) is 8.87. The van der Waals surface area contributed by atoms with Crippen molar-refractivity contribution in [2.75, 3.05) is 12.4 Å². The Bertz CT molecular complexity index is 863. The van der Waals surface area contributed by atoms with Crippen molar-refractivity contribution in [1.29, 1.82) is 0 Å². The van der Waals surface area contributed by atoms with Gasteiger partial charge in [0.15, 0.2) is 0 Å². The molecule has 1 heterocycles. The van der Waals surface area contributed by atoms with Crippen molar-refractivity contribution < 1.29 is 19.1 Å². The van der Waals surface area contributed by atoms with Crippen molar-refractivity contribution >= 4 is 17.9 Å². The summed E-state index contributed by atoms with van der Waals surface area (Å²) in [6.07, 6.45) is 1.06. The molecule has 2 aromatic rings. The van der Waals surface area contributed by atoms with E-state index in [4.69, 9.17) is 9.47 Å². The van der Waals surface area contributed by atoms with Gasteiger partial charge in [-0.05, 0) is 57.0 Å². The molecule has 0 aliphatic heterocycles. The number of esters is 1. The smallest absolute Gasteiger partial charge is 0.413 e. The normalized spacial score (nSPS) is 12.5. The number of amides is 1. The van der Waals surface area contributed by atoms with E-state index in [1.165, 1.54) is 0 Å². The number of rotatable bonds is 8. The summed E-state index contributed by atoms with van der Waals surface area (Å²) >= 11 is 0. The first-order valence-corrected chi connectivity index (χ1v) is 10.4. The standard InChI is InChI=1S/C24H33N3O4/c1-17(2)21(22(28)30-16-18-10-8-7-9-11-18)27(6)15-19-12-13-25-20(14-19)26-23(29)31-24(3,4)5/h7-14,17,21H,15-16H2,1-6H3,(H,25,26,29). The van der Waals surface area contributed by atoms with Crippen molar-refractivity contribution in [2.45, 2.75) is 59.4 Å². The van der Waals surface area contributed by atoms with Gasteiger partial charge in [-0.2, -0.15) is 0 Å². The summed E-state index contributed by atoms with van der Waals surface area (Å²) in [4.78, 5) is 30.9. The van der Waals surface area contributed by atoms with E-state index in [0.29, 0.717) is 12.4 Å². The minimum atomic E-state index is -0.591. The summed E-state index contributed by atoms with van der Waals surface area (Å²) in [5, 5.41) is 2.64. The van der Waals surface area contributed by atoms with Crippen molar-refractivity contribution in [3.8, 4) is 0 Å². The molecule has 0 radical (unpaired) electrons. The zero-order valence-electron chi connectivity index (χ0n) is 19.2. The molecule has 168 valence electrons. The summed E-state index contributed by atoms with van der Waals surface area (Å²) in [5.74, 6) is 0.199. The first-order valence-electron chi connectivity index (χ1n) is 10.4. The van der Waals surface area contributed by atoms with Crippen LogP contribution in [0.2, 0.25) is 0 Å². The fourth-order valence-electron chi connectivity index (χ4n) is 3.21. The lowest BCUT2D eigenvalue weighted by molar-refractivity contribution is -0.153. The number of hydrogen-bond acceptors (Lipinski definition) is 6. The third-order valence-electron chi connectivity index (χ3n) is 4.46. The van der Waals surface area contributed by atoms with E-state index in [2.05, 4.69) is 10.3 Å². The maximum atomic E-state index is 12.8. The summed E-state index contributed by atoms with van der Waals surface area (Å²) in [6.45, 7) is 10.1. The number of pyridine rings is 1. The van der Waals surface area contributed by atoms with E-state index in [9.17, 15) is 9.59 Å². The number of ether oxygens (including phenoxy) is 2. The van der Waals surface area contributed by atoms with Crippen LogP contribution in [-0.4, -0.2) is 40.6 Å². The van der Waals surface area contributed by atoms with Crippen LogP contribution in [0.25, 0.3) is 0 Å². The molecule has 7 heteroatoms. The third kappa shape index (κ3) is 8.38. The topological polar surface area (TPSA) is 80.8 Å². The van der Waals surface area contributed by atoms with E-state index < -0.39 is 17.7 Å². The predicted molar refractivity (Wildman–Crippen MR) is 120 cm³/mol. The SMILES string of the molecule is CC(C)C(C(=O)OCc1ccccc1)N(C)Cc1ccnc(NC(=O)OC(C)(C)C)c1. The number of carbonyl (C=O) groups excluding carboxylic acids is 2. The maximum absolute atomic E-state index is 12.8. The van der Waals surface area contributed by atoms with Crippen LogP contribution < -0.4 is 5.32 Å². The van der Waals surface area contributed by atoms with Gasteiger partial charge in [0.1, 0.15) is 24.1 Å². The number of aromatic nitrogens is 1. The molecule has 7 nitrogen and oxygen atoms in total. The van der Waals surface area contributed by atoms with Crippen LogP contribution in [0.3, 0.4) is 0 Å². The van der Waals surface area contributed by atoms with Crippen LogP contribution in [0, 0.1) is 5.92 Å². The van der Waals surface area contributed by atoms with Crippen molar-refractivity contribution in [1.82, 2.24) is 9.88 Å². The van der Waals surface area contributed by atoms with Gasteiger partial charge in [0, 0.05) is 12.7 Å². The highest BCUT2D eigenvalue weighted by Gasteiger charge is 2.28. The average Bonchev–Trinajstić information content (AvgIpc) is 2.65. The van der Waals surface area contributed by atoms with E-state index in [0.717, 1.165) is 11.1 Å². The number of nitrogens with zero attached hydrogens (tertiary/aromatic N) is 2. The van der Waals surface area contributed by atoms with Crippen LogP contribution in [0.15, 0.2) is 48.7 Å². The molecule has 0 saturated heterocycles. The van der Waals surface area contributed by atoms with Gasteiger partial charge >= 0.3 is 12.1 Å². The monoisotopic (exact) mass is 427 g/mol. The molecule has 0 saturated carbocycles. The van der Waals surface area contributed by atoms with Gasteiger partial charge in [-0.25, -0.2) is 9.78 Å². The zero-order chi connectivity index (χ0) is 23.0. The number of likely N-dealkylation sites (N-methyl/N-ethyl adjacent to an activating group) is 1. The lowest BCUT2D eigenvalue weighted by Gasteiger charge is -2.29. The number of anilines is 1. The molecule has 1 unspecified atom stereocenters. The van der Waals surface area contributed by atoms with Crippen LogP contribution in [0.4, 0.5) is 10.6 Å². The highest BCUT2D eigenvalue weighted by atomic mass is 16.6. The van der Waals surface area contributed by atoms with Gasteiger partial charge < -0.3 is 9.47 Å². The molecule has 31 heavy (non-hydrogen) atoms. The molecule has 1 aromatic heterocycles. The van der Waals surface area contributed by atoms with Crippen LogP contribution in [0.1, 0.15) is 45.7 Å². The van der Waals surface area contributed by atoms with Crippen LogP contribution >= 0.6 is 0 Å². The predicted octanol–water partition coefficient (Wildman–Crippen LogP) is 4.63. The summed E-state index contributed by atoms with van der Waals surface area (Å²) < 4.78 is 10.8. The number of hydrogen-bond donors (Lipinski definition) is 1. The second kappa shape index (κ2) is 10.9. The Hall–Kier alpha value is -2.93. The Morgan fingerprint density at radius 2 is 1.77 bits per heavy atom. The van der Waals surface area contributed by atoms with E-state index in [1.807, 2.05) is 62.2 Å². The first kappa shape index (κ1) is 24.3. The Morgan fingerprint density at radius 3 is 2.39 bits per heavy atom. The molecule has 1 amide bonds. The lowest BCUT2D eigenvalue weighted by Crippen LogP contribution is -2.43. The third-order valence-corrected chi connectivity index (χ3v) is 4.46. The van der Waals surface area contributed by atoms with Crippen molar-refractivity contribution in [2.24, 2.45) is 5.92 Å². The Kier molecular flexibility index (Phi) is 8.56. The molecule has 0 spiro atoms. The largest absolute Gasteiger partial charge is 0.460 e. The Balaban J connectivity index is 2.01. The van der Waals surface area contributed by atoms with Gasteiger partial charge in [-0.15, -0.1) is 0 Å². The number of carbonyl (C=O) groups is 2. The molecule has 0 bridgehead atoms. The minimum Gasteiger partial charge on any atom is -0.460 e. The maximum Gasteiger partial charge on any atom is 0.413 e. The van der Waals surface area contributed by atoms with Crippen LogP contribution in [-0.2, 0) is 27.4 Å².